The highest BCUT2D eigenvalue weighted by Crippen LogP contribution is 2.78. The van der Waals surface area contributed by atoms with Crippen LogP contribution in [0.3, 0.4) is 0 Å². The standard InChI is InChI=1S/C35H56O3/c1-23(2)13-21-38-29(37)35-19-15-30(4,5)22-28(35)34(9)17-16-32(7)26-11-10-25(36)24(3)31(26,6)14-12-27(32)33(34,8)18-20-35/h13,24,26-28H,10-12,14-22H2,1-9H3/t24-,26+,27-,28-,31+,32-,33+,34-,35-/m0/s1. The molecule has 0 amide bonds. The van der Waals surface area contributed by atoms with E-state index in [1.165, 1.54) is 31.3 Å². The minimum Gasteiger partial charge on any atom is -0.461 e. The van der Waals surface area contributed by atoms with Crippen LogP contribution < -0.4 is 0 Å². The smallest absolute Gasteiger partial charge is 0.312 e. The van der Waals surface area contributed by atoms with E-state index < -0.39 is 0 Å². The van der Waals surface area contributed by atoms with Crippen molar-refractivity contribution < 1.29 is 14.3 Å². The van der Waals surface area contributed by atoms with Gasteiger partial charge in [-0.05, 0) is 129 Å². The molecule has 0 unspecified atom stereocenters. The average molecular weight is 525 g/mol. The van der Waals surface area contributed by atoms with Gasteiger partial charge in [-0.3, -0.25) is 9.59 Å². The Labute approximate surface area is 233 Å². The normalized spacial score (nSPS) is 49.6. The number of ether oxygens (including phenoxy) is 1. The van der Waals surface area contributed by atoms with E-state index >= 15 is 0 Å². The van der Waals surface area contributed by atoms with E-state index in [1.807, 2.05) is 6.08 Å². The lowest BCUT2D eigenvalue weighted by molar-refractivity contribution is -0.260. The molecule has 5 rings (SSSR count). The molecule has 0 aromatic rings. The summed E-state index contributed by atoms with van der Waals surface area (Å²) in [6.07, 6.45) is 14.1. The van der Waals surface area contributed by atoms with Crippen LogP contribution in [0.1, 0.15) is 133 Å². The molecule has 0 aliphatic heterocycles. The van der Waals surface area contributed by atoms with Crippen molar-refractivity contribution in [2.24, 2.45) is 56.2 Å². The molecular weight excluding hydrogens is 468 g/mol. The van der Waals surface area contributed by atoms with Gasteiger partial charge in [-0.15, -0.1) is 0 Å². The lowest BCUT2D eigenvalue weighted by Crippen LogP contribution is -2.69. The van der Waals surface area contributed by atoms with Crippen LogP contribution in [0.15, 0.2) is 11.6 Å². The Kier molecular flexibility index (Phi) is 6.68. The molecule has 0 heterocycles. The molecule has 5 fully saturated rings. The van der Waals surface area contributed by atoms with Gasteiger partial charge in [0.15, 0.2) is 0 Å². The third-order valence-corrected chi connectivity index (χ3v) is 14.4. The zero-order valence-corrected chi connectivity index (χ0v) is 26.1. The predicted molar refractivity (Wildman–Crippen MR) is 154 cm³/mol. The Balaban J connectivity index is 1.52. The fraction of sp³-hybridized carbons (Fsp3) is 0.886. The van der Waals surface area contributed by atoms with Crippen LogP contribution in [0, 0.1) is 56.2 Å². The van der Waals surface area contributed by atoms with Crippen LogP contribution >= 0.6 is 0 Å². The highest BCUT2D eigenvalue weighted by Gasteiger charge is 2.72. The number of Topliss-reactive ketones (excluding diaryl/α,β-unsaturated/α-hetero) is 1. The van der Waals surface area contributed by atoms with Gasteiger partial charge in [-0.25, -0.2) is 0 Å². The first-order valence-electron chi connectivity index (χ1n) is 15.9. The Morgan fingerprint density at radius 2 is 1.45 bits per heavy atom. The third-order valence-electron chi connectivity index (χ3n) is 14.4. The fourth-order valence-corrected chi connectivity index (χ4v) is 11.6. The first-order chi connectivity index (χ1) is 17.6. The topological polar surface area (TPSA) is 43.4 Å². The molecule has 0 aromatic carbocycles. The highest BCUT2D eigenvalue weighted by atomic mass is 16.5. The molecule has 0 bridgehead atoms. The van der Waals surface area contributed by atoms with E-state index in [1.54, 1.807) is 0 Å². The number of hydrogen-bond acceptors (Lipinski definition) is 3. The van der Waals surface area contributed by atoms with Gasteiger partial charge < -0.3 is 4.74 Å². The quantitative estimate of drug-likeness (QED) is 0.273. The van der Waals surface area contributed by atoms with E-state index in [0.717, 1.165) is 44.9 Å². The monoisotopic (exact) mass is 524 g/mol. The van der Waals surface area contributed by atoms with Crippen molar-refractivity contribution in [2.75, 3.05) is 6.61 Å². The summed E-state index contributed by atoms with van der Waals surface area (Å²) >= 11 is 0. The number of fused-ring (bicyclic) bond motifs is 7. The van der Waals surface area contributed by atoms with Crippen LogP contribution in [-0.2, 0) is 14.3 Å². The maximum atomic E-state index is 14.0. The van der Waals surface area contributed by atoms with Crippen LogP contribution in [0.25, 0.3) is 0 Å². The second-order valence-corrected chi connectivity index (χ2v) is 16.7. The van der Waals surface area contributed by atoms with Crippen molar-refractivity contribution >= 4 is 11.8 Å². The highest BCUT2D eigenvalue weighted by molar-refractivity contribution is 5.82. The molecule has 0 spiro atoms. The second-order valence-electron chi connectivity index (χ2n) is 16.7. The van der Waals surface area contributed by atoms with Crippen molar-refractivity contribution in [1.29, 1.82) is 0 Å². The molecule has 5 aliphatic carbocycles. The molecule has 0 saturated heterocycles. The minimum atomic E-state index is -0.331. The van der Waals surface area contributed by atoms with Crippen LogP contribution in [-0.4, -0.2) is 18.4 Å². The Bertz CT molecular complexity index is 1020. The summed E-state index contributed by atoms with van der Waals surface area (Å²) in [5, 5.41) is 0. The summed E-state index contributed by atoms with van der Waals surface area (Å²) in [6.45, 7) is 21.9. The lowest BCUT2D eigenvalue weighted by Gasteiger charge is -2.74. The molecule has 5 aliphatic rings. The van der Waals surface area contributed by atoms with Gasteiger partial charge in [-0.1, -0.05) is 54.0 Å². The Morgan fingerprint density at radius 1 is 0.816 bits per heavy atom. The number of hydrogen-bond donors (Lipinski definition) is 0. The van der Waals surface area contributed by atoms with Crippen molar-refractivity contribution in [3.05, 3.63) is 11.6 Å². The molecular formula is C35H56O3. The summed E-state index contributed by atoms with van der Waals surface area (Å²) in [6, 6.07) is 0. The van der Waals surface area contributed by atoms with E-state index in [0.29, 0.717) is 30.1 Å². The fourth-order valence-electron chi connectivity index (χ4n) is 11.6. The molecule has 0 N–H and O–H groups in total. The zero-order valence-electron chi connectivity index (χ0n) is 26.1. The molecule has 38 heavy (non-hydrogen) atoms. The zero-order chi connectivity index (χ0) is 27.9. The molecule has 3 nitrogen and oxygen atoms in total. The molecule has 3 heteroatoms. The first-order valence-corrected chi connectivity index (χ1v) is 15.9. The van der Waals surface area contributed by atoms with Gasteiger partial charge in [0.25, 0.3) is 0 Å². The first kappa shape index (κ1) is 28.4. The summed E-state index contributed by atoms with van der Waals surface area (Å²) in [7, 11) is 0. The van der Waals surface area contributed by atoms with E-state index in [-0.39, 0.29) is 44.4 Å². The molecule has 9 atom stereocenters. The SMILES string of the molecule is CC(C)=CCOC(=O)[C@]12CCC(C)(C)C[C@H]1[C@]1(C)CC[C@@]3(C)[C@@H]4CCC(=O)[C@H](C)[C@@]4(C)CC[C@@H]3[C@@]1(C)CC2. The van der Waals surface area contributed by atoms with E-state index in [2.05, 4.69) is 62.3 Å². The number of carbonyl (C=O) groups excluding carboxylic acids is 2. The van der Waals surface area contributed by atoms with Gasteiger partial charge in [0.2, 0.25) is 0 Å². The van der Waals surface area contributed by atoms with Crippen molar-refractivity contribution in [3.8, 4) is 0 Å². The number of rotatable bonds is 3. The van der Waals surface area contributed by atoms with Crippen molar-refractivity contribution in [2.45, 2.75) is 133 Å². The second kappa shape index (κ2) is 8.94. The van der Waals surface area contributed by atoms with Crippen LogP contribution in [0.5, 0.6) is 0 Å². The summed E-state index contributed by atoms with van der Waals surface area (Å²) in [4.78, 5) is 26.9. The average Bonchev–Trinajstić information content (AvgIpc) is 2.83. The Morgan fingerprint density at radius 3 is 2.13 bits per heavy atom. The summed E-state index contributed by atoms with van der Waals surface area (Å²) in [5.74, 6) is 2.44. The molecule has 214 valence electrons. The largest absolute Gasteiger partial charge is 0.461 e. The van der Waals surface area contributed by atoms with Gasteiger partial charge in [0, 0.05) is 12.3 Å². The van der Waals surface area contributed by atoms with Crippen molar-refractivity contribution in [3.63, 3.8) is 0 Å². The third kappa shape index (κ3) is 3.78. The maximum absolute atomic E-state index is 14.0. The molecule has 5 saturated carbocycles. The predicted octanol–water partition coefficient (Wildman–Crippen LogP) is 8.95. The van der Waals surface area contributed by atoms with E-state index in [9.17, 15) is 9.59 Å². The van der Waals surface area contributed by atoms with Gasteiger partial charge in [0.1, 0.15) is 12.4 Å². The number of ketones is 1. The maximum Gasteiger partial charge on any atom is 0.312 e. The Hall–Kier alpha value is -1.12. The van der Waals surface area contributed by atoms with Gasteiger partial charge in [-0.2, -0.15) is 0 Å². The number of allylic oxidation sites excluding steroid dienone is 1. The minimum absolute atomic E-state index is 0.0861. The molecule has 0 aromatic heterocycles. The van der Waals surface area contributed by atoms with Crippen molar-refractivity contribution in [1.82, 2.24) is 0 Å². The number of esters is 1. The van der Waals surface area contributed by atoms with Gasteiger partial charge in [0.05, 0.1) is 5.41 Å². The van der Waals surface area contributed by atoms with Crippen LogP contribution in [0.2, 0.25) is 0 Å². The summed E-state index contributed by atoms with van der Waals surface area (Å²) < 4.78 is 6.06. The van der Waals surface area contributed by atoms with Gasteiger partial charge >= 0.3 is 5.97 Å². The number of carbonyl (C=O) groups is 2. The molecule has 0 radical (unpaired) electrons. The summed E-state index contributed by atoms with van der Waals surface area (Å²) in [5.41, 5.74) is 1.91. The lowest BCUT2D eigenvalue weighted by atomic mass is 9.30. The van der Waals surface area contributed by atoms with Crippen LogP contribution in [0.4, 0.5) is 0 Å². The van der Waals surface area contributed by atoms with E-state index in [4.69, 9.17) is 4.74 Å².